The van der Waals surface area contributed by atoms with E-state index < -0.39 is 6.10 Å². The van der Waals surface area contributed by atoms with Gasteiger partial charge in [0.2, 0.25) is 0 Å². The SMILES string of the molecule is Cc1cc(C(C)NC(=O)C2CNCCO2)c(C)o1. The van der Waals surface area contributed by atoms with Crippen LogP contribution in [0.1, 0.15) is 30.0 Å². The molecule has 2 rings (SSSR count). The smallest absolute Gasteiger partial charge is 0.250 e. The van der Waals surface area contributed by atoms with Crippen molar-refractivity contribution in [3.05, 3.63) is 23.2 Å². The molecule has 1 aromatic rings. The molecule has 5 heteroatoms. The van der Waals surface area contributed by atoms with Gasteiger partial charge in [-0.1, -0.05) is 0 Å². The Bertz CT molecular complexity index is 422. The van der Waals surface area contributed by atoms with Gasteiger partial charge < -0.3 is 19.8 Å². The summed E-state index contributed by atoms with van der Waals surface area (Å²) in [6, 6.07) is 1.89. The number of ether oxygens (including phenoxy) is 1. The molecule has 0 saturated carbocycles. The van der Waals surface area contributed by atoms with Crippen LogP contribution in [-0.4, -0.2) is 31.7 Å². The summed E-state index contributed by atoms with van der Waals surface area (Å²) in [5.74, 6) is 1.63. The molecule has 1 aliphatic rings. The zero-order chi connectivity index (χ0) is 13.1. The van der Waals surface area contributed by atoms with E-state index in [-0.39, 0.29) is 11.9 Å². The fourth-order valence-electron chi connectivity index (χ4n) is 2.20. The first-order chi connectivity index (χ1) is 8.58. The number of hydrogen-bond donors (Lipinski definition) is 2. The lowest BCUT2D eigenvalue weighted by Gasteiger charge is -2.24. The van der Waals surface area contributed by atoms with E-state index in [9.17, 15) is 4.79 Å². The quantitative estimate of drug-likeness (QED) is 0.844. The van der Waals surface area contributed by atoms with Crippen LogP contribution in [0.2, 0.25) is 0 Å². The lowest BCUT2D eigenvalue weighted by Crippen LogP contribution is -2.48. The van der Waals surface area contributed by atoms with E-state index in [0.717, 1.165) is 23.6 Å². The highest BCUT2D eigenvalue weighted by molar-refractivity contribution is 5.81. The minimum Gasteiger partial charge on any atom is -0.466 e. The largest absolute Gasteiger partial charge is 0.466 e. The number of amides is 1. The Hall–Kier alpha value is -1.33. The van der Waals surface area contributed by atoms with Crippen molar-refractivity contribution in [3.8, 4) is 0 Å². The Labute approximate surface area is 107 Å². The third-order valence-corrected chi connectivity index (χ3v) is 3.12. The Kier molecular flexibility index (Phi) is 4.04. The lowest BCUT2D eigenvalue weighted by atomic mass is 10.1. The molecule has 0 bridgehead atoms. The maximum absolute atomic E-state index is 12.0. The molecule has 1 aliphatic heterocycles. The van der Waals surface area contributed by atoms with Gasteiger partial charge in [0.05, 0.1) is 12.6 Å². The summed E-state index contributed by atoms with van der Waals surface area (Å²) in [6.45, 7) is 7.71. The van der Waals surface area contributed by atoms with Gasteiger partial charge in [-0.25, -0.2) is 0 Å². The molecule has 2 heterocycles. The Morgan fingerprint density at radius 2 is 2.33 bits per heavy atom. The van der Waals surface area contributed by atoms with Crippen molar-refractivity contribution < 1.29 is 13.9 Å². The minimum atomic E-state index is -0.394. The number of nitrogens with one attached hydrogen (secondary N) is 2. The Balaban J connectivity index is 1.96. The summed E-state index contributed by atoms with van der Waals surface area (Å²) in [7, 11) is 0. The van der Waals surface area contributed by atoms with Crippen LogP contribution in [0.4, 0.5) is 0 Å². The highest BCUT2D eigenvalue weighted by Crippen LogP contribution is 2.21. The van der Waals surface area contributed by atoms with Gasteiger partial charge in [0.25, 0.3) is 5.91 Å². The third-order valence-electron chi connectivity index (χ3n) is 3.12. The van der Waals surface area contributed by atoms with Gasteiger partial charge in [-0.3, -0.25) is 4.79 Å². The zero-order valence-corrected chi connectivity index (χ0v) is 11.1. The number of furan rings is 1. The Morgan fingerprint density at radius 3 is 2.89 bits per heavy atom. The van der Waals surface area contributed by atoms with Crippen molar-refractivity contribution in [3.63, 3.8) is 0 Å². The molecule has 1 aromatic heterocycles. The molecule has 1 fully saturated rings. The molecule has 2 atom stereocenters. The number of aryl methyl sites for hydroxylation is 2. The maximum atomic E-state index is 12.0. The monoisotopic (exact) mass is 252 g/mol. The second-order valence-corrected chi connectivity index (χ2v) is 4.66. The second kappa shape index (κ2) is 5.54. The van der Waals surface area contributed by atoms with Crippen molar-refractivity contribution in [2.75, 3.05) is 19.7 Å². The van der Waals surface area contributed by atoms with E-state index in [1.807, 2.05) is 26.8 Å². The lowest BCUT2D eigenvalue weighted by molar-refractivity contribution is -0.134. The van der Waals surface area contributed by atoms with Crippen molar-refractivity contribution >= 4 is 5.91 Å². The molecule has 1 saturated heterocycles. The van der Waals surface area contributed by atoms with E-state index in [0.29, 0.717) is 13.2 Å². The van der Waals surface area contributed by atoms with E-state index in [1.165, 1.54) is 0 Å². The van der Waals surface area contributed by atoms with Crippen LogP contribution >= 0.6 is 0 Å². The first-order valence-electron chi connectivity index (χ1n) is 6.27. The van der Waals surface area contributed by atoms with Crippen LogP contribution in [0.15, 0.2) is 10.5 Å². The molecule has 0 spiro atoms. The second-order valence-electron chi connectivity index (χ2n) is 4.66. The van der Waals surface area contributed by atoms with Crippen molar-refractivity contribution in [1.29, 1.82) is 0 Å². The van der Waals surface area contributed by atoms with Gasteiger partial charge >= 0.3 is 0 Å². The number of morpholine rings is 1. The van der Waals surface area contributed by atoms with Crippen LogP contribution in [0, 0.1) is 13.8 Å². The molecular weight excluding hydrogens is 232 g/mol. The number of carbonyl (C=O) groups is 1. The molecule has 0 radical (unpaired) electrons. The first-order valence-corrected chi connectivity index (χ1v) is 6.27. The highest BCUT2D eigenvalue weighted by Gasteiger charge is 2.24. The van der Waals surface area contributed by atoms with Gasteiger partial charge in [-0.05, 0) is 26.8 Å². The number of rotatable bonds is 3. The van der Waals surface area contributed by atoms with Gasteiger partial charge in [-0.15, -0.1) is 0 Å². The Morgan fingerprint density at radius 1 is 1.56 bits per heavy atom. The van der Waals surface area contributed by atoms with Crippen LogP contribution in [0.5, 0.6) is 0 Å². The number of carbonyl (C=O) groups excluding carboxylic acids is 1. The highest BCUT2D eigenvalue weighted by atomic mass is 16.5. The molecule has 100 valence electrons. The summed E-state index contributed by atoms with van der Waals surface area (Å²) >= 11 is 0. The normalized spacial score (nSPS) is 21.6. The standard InChI is InChI=1S/C13H20N2O3/c1-8-6-11(10(3)18-8)9(2)15-13(16)12-7-14-4-5-17-12/h6,9,12,14H,4-5,7H2,1-3H3,(H,15,16). The summed E-state index contributed by atoms with van der Waals surface area (Å²) in [5.41, 5.74) is 1.02. The van der Waals surface area contributed by atoms with Crippen molar-refractivity contribution in [2.45, 2.75) is 32.9 Å². The van der Waals surface area contributed by atoms with Crippen molar-refractivity contribution in [1.82, 2.24) is 10.6 Å². The topological polar surface area (TPSA) is 63.5 Å². The average molecular weight is 252 g/mol. The molecule has 0 aliphatic carbocycles. The van der Waals surface area contributed by atoms with Crippen LogP contribution in [0.25, 0.3) is 0 Å². The predicted molar refractivity (Wildman–Crippen MR) is 67.3 cm³/mol. The summed E-state index contributed by atoms with van der Waals surface area (Å²) in [4.78, 5) is 12.0. The average Bonchev–Trinajstić information content (AvgIpc) is 2.69. The summed E-state index contributed by atoms with van der Waals surface area (Å²) in [6.07, 6.45) is -0.394. The molecule has 18 heavy (non-hydrogen) atoms. The van der Waals surface area contributed by atoms with Gasteiger partial charge in [0.15, 0.2) is 0 Å². The van der Waals surface area contributed by atoms with Gasteiger partial charge in [0, 0.05) is 18.7 Å². The fourth-order valence-corrected chi connectivity index (χ4v) is 2.20. The molecular formula is C13H20N2O3. The molecule has 1 amide bonds. The van der Waals surface area contributed by atoms with Gasteiger partial charge in [-0.2, -0.15) is 0 Å². The molecule has 5 nitrogen and oxygen atoms in total. The third kappa shape index (κ3) is 2.91. The van der Waals surface area contributed by atoms with Crippen molar-refractivity contribution in [2.24, 2.45) is 0 Å². The van der Waals surface area contributed by atoms with Crippen LogP contribution in [0.3, 0.4) is 0 Å². The maximum Gasteiger partial charge on any atom is 0.250 e. The van der Waals surface area contributed by atoms with Crippen LogP contribution < -0.4 is 10.6 Å². The number of hydrogen-bond acceptors (Lipinski definition) is 4. The van der Waals surface area contributed by atoms with Crippen LogP contribution in [-0.2, 0) is 9.53 Å². The zero-order valence-electron chi connectivity index (χ0n) is 11.1. The van der Waals surface area contributed by atoms with E-state index in [1.54, 1.807) is 0 Å². The first kappa shape index (κ1) is 13.1. The van der Waals surface area contributed by atoms with Gasteiger partial charge in [0.1, 0.15) is 17.6 Å². The summed E-state index contributed by atoms with van der Waals surface area (Å²) < 4.78 is 10.9. The molecule has 2 N–H and O–H groups in total. The molecule has 0 aromatic carbocycles. The van der Waals surface area contributed by atoms with E-state index in [2.05, 4.69) is 10.6 Å². The minimum absolute atomic E-state index is 0.0690. The van der Waals surface area contributed by atoms with E-state index >= 15 is 0 Å². The summed E-state index contributed by atoms with van der Waals surface area (Å²) in [5, 5.41) is 6.10. The van der Waals surface area contributed by atoms with E-state index in [4.69, 9.17) is 9.15 Å². The predicted octanol–water partition coefficient (Wildman–Crippen LogP) is 1.06. The molecule has 2 unspecified atom stereocenters. The fraction of sp³-hybridized carbons (Fsp3) is 0.615.